The van der Waals surface area contributed by atoms with Gasteiger partial charge in [-0.25, -0.2) is 0 Å². The van der Waals surface area contributed by atoms with E-state index >= 15 is 0 Å². The lowest BCUT2D eigenvalue weighted by Crippen LogP contribution is -2.28. The summed E-state index contributed by atoms with van der Waals surface area (Å²) in [6.07, 6.45) is 3.16. The maximum absolute atomic E-state index is 9.49. The third kappa shape index (κ3) is 4.33. The second-order valence-corrected chi connectivity index (χ2v) is 8.35. The molecule has 0 saturated carbocycles. The Balaban J connectivity index is 1.63. The number of ether oxygens (including phenoxy) is 1. The van der Waals surface area contributed by atoms with E-state index in [9.17, 15) is 5.26 Å². The molecule has 0 fully saturated rings. The minimum atomic E-state index is -0.00763. The van der Waals surface area contributed by atoms with Crippen LogP contribution in [-0.2, 0) is 6.42 Å². The van der Waals surface area contributed by atoms with Crippen LogP contribution in [0.4, 0.5) is 0 Å². The van der Waals surface area contributed by atoms with E-state index in [4.69, 9.17) is 9.26 Å². The van der Waals surface area contributed by atoms with Gasteiger partial charge in [0.05, 0.1) is 11.7 Å². The summed E-state index contributed by atoms with van der Waals surface area (Å²) in [5.41, 5.74) is 4.78. The maximum Gasteiger partial charge on any atom is 0.258 e. The fraction of sp³-hybridized carbons (Fsp3) is 0.400. The Morgan fingerprint density at radius 1 is 1.26 bits per heavy atom. The van der Waals surface area contributed by atoms with E-state index in [1.54, 1.807) is 12.1 Å². The summed E-state index contributed by atoms with van der Waals surface area (Å²) >= 11 is 0. The van der Waals surface area contributed by atoms with E-state index in [-0.39, 0.29) is 6.10 Å². The fourth-order valence-corrected chi connectivity index (χ4v) is 4.06. The molecule has 4 rings (SSSR count). The van der Waals surface area contributed by atoms with Crippen molar-refractivity contribution in [3.8, 4) is 34.7 Å². The molecule has 6 nitrogen and oxygen atoms in total. The summed E-state index contributed by atoms with van der Waals surface area (Å²) in [5, 5.41) is 17.5. The van der Waals surface area contributed by atoms with Crippen LogP contribution >= 0.6 is 0 Å². The van der Waals surface area contributed by atoms with Crippen molar-refractivity contribution >= 4 is 0 Å². The van der Waals surface area contributed by atoms with Gasteiger partial charge in [0.25, 0.3) is 5.89 Å². The third-order valence-corrected chi connectivity index (χ3v) is 5.75. The van der Waals surface area contributed by atoms with Crippen LogP contribution in [0.5, 0.6) is 5.75 Å². The van der Waals surface area contributed by atoms with Gasteiger partial charge in [0.1, 0.15) is 11.8 Å². The van der Waals surface area contributed by atoms with Crippen LogP contribution in [0.3, 0.4) is 0 Å². The van der Waals surface area contributed by atoms with Crippen LogP contribution in [0.2, 0.25) is 0 Å². The van der Waals surface area contributed by atoms with Gasteiger partial charge in [0.15, 0.2) is 0 Å². The zero-order chi connectivity index (χ0) is 22.0. The summed E-state index contributed by atoms with van der Waals surface area (Å²) in [5.74, 6) is 1.53. The Morgan fingerprint density at radius 2 is 2.10 bits per heavy atom. The van der Waals surface area contributed by atoms with Crippen LogP contribution in [0, 0.1) is 11.3 Å². The van der Waals surface area contributed by atoms with Crippen LogP contribution < -0.4 is 10.1 Å². The lowest BCUT2D eigenvalue weighted by Gasteiger charge is -2.19. The number of nitrogens with zero attached hydrogens (tertiary/aromatic N) is 3. The molecule has 2 atom stereocenters. The molecular weight excluding hydrogens is 388 g/mol. The smallest absolute Gasteiger partial charge is 0.258 e. The zero-order valence-electron chi connectivity index (χ0n) is 18.5. The largest absolute Gasteiger partial charge is 0.490 e. The lowest BCUT2D eigenvalue weighted by molar-refractivity contribution is 0.241. The average molecular weight is 417 g/mol. The normalized spacial score (nSPS) is 16.2. The molecule has 0 radical (unpaired) electrons. The molecule has 160 valence electrons. The average Bonchev–Trinajstić information content (AvgIpc) is 3.41. The van der Waals surface area contributed by atoms with Crippen molar-refractivity contribution in [2.24, 2.45) is 0 Å². The Kier molecular flexibility index (Phi) is 6.06. The van der Waals surface area contributed by atoms with E-state index in [1.807, 2.05) is 19.9 Å². The Morgan fingerprint density at radius 3 is 2.84 bits per heavy atom. The summed E-state index contributed by atoms with van der Waals surface area (Å²) in [4.78, 5) is 4.65. The number of hydrogen-bond acceptors (Lipinski definition) is 6. The Hall–Kier alpha value is -3.17. The summed E-state index contributed by atoms with van der Waals surface area (Å²) in [7, 11) is 0. The van der Waals surface area contributed by atoms with Gasteiger partial charge in [0, 0.05) is 23.2 Å². The second kappa shape index (κ2) is 8.91. The highest BCUT2D eigenvalue weighted by molar-refractivity contribution is 5.67. The van der Waals surface area contributed by atoms with Gasteiger partial charge in [-0.1, -0.05) is 30.3 Å². The van der Waals surface area contributed by atoms with Crippen molar-refractivity contribution in [1.29, 1.82) is 5.26 Å². The van der Waals surface area contributed by atoms with Crippen molar-refractivity contribution in [1.82, 2.24) is 15.5 Å². The molecule has 1 N–H and O–H groups in total. The Bertz CT molecular complexity index is 1110. The number of nitrogens with one attached hydrogen (secondary N) is 1. The van der Waals surface area contributed by atoms with Crippen LogP contribution in [0.25, 0.3) is 22.8 Å². The SMILES string of the molecule is CC[C@@H](C)N[C@H]1CCc2c(-c3noc(-c4ccc(OC(C)C)c(C#N)c4)n3)cccc21. The highest BCUT2D eigenvalue weighted by atomic mass is 16.5. The quantitative estimate of drug-likeness (QED) is 0.552. The predicted molar refractivity (Wildman–Crippen MR) is 120 cm³/mol. The number of fused-ring (bicyclic) bond motifs is 1. The van der Waals surface area contributed by atoms with Gasteiger partial charge in [-0.05, 0) is 69.4 Å². The van der Waals surface area contributed by atoms with Gasteiger partial charge in [-0.2, -0.15) is 10.2 Å². The number of nitriles is 1. The van der Waals surface area contributed by atoms with Gasteiger partial charge in [-0.15, -0.1) is 0 Å². The molecule has 1 aromatic heterocycles. The number of aromatic nitrogens is 2. The Labute approximate surface area is 183 Å². The lowest BCUT2D eigenvalue weighted by atomic mass is 10.0. The predicted octanol–water partition coefficient (Wildman–Crippen LogP) is 5.44. The summed E-state index contributed by atoms with van der Waals surface area (Å²) in [6, 6.07) is 14.7. The first-order chi connectivity index (χ1) is 15.0. The molecule has 1 heterocycles. The topological polar surface area (TPSA) is 84.0 Å². The highest BCUT2D eigenvalue weighted by Crippen LogP contribution is 2.38. The van der Waals surface area contributed by atoms with Crippen LogP contribution in [0.15, 0.2) is 40.9 Å². The summed E-state index contributed by atoms with van der Waals surface area (Å²) in [6.45, 7) is 8.28. The summed E-state index contributed by atoms with van der Waals surface area (Å²) < 4.78 is 11.3. The monoisotopic (exact) mass is 416 g/mol. The molecule has 31 heavy (non-hydrogen) atoms. The van der Waals surface area contributed by atoms with Gasteiger partial charge < -0.3 is 14.6 Å². The van der Waals surface area contributed by atoms with Crippen LogP contribution in [-0.4, -0.2) is 22.3 Å². The molecule has 0 spiro atoms. The molecule has 1 aliphatic carbocycles. The number of benzene rings is 2. The van der Waals surface area contributed by atoms with E-state index in [0.717, 1.165) is 24.8 Å². The van der Waals surface area contributed by atoms with Crippen LogP contribution in [0.1, 0.15) is 63.3 Å². The molecule has 2 aromatic carbocycles. The highest BCUT2D eigenvalue weighted by Gasteiger charge is 2.27. The molecule has 1 aliphatic rings. The van der Waals surface area contributed by atoms with E-state index in [1.165, 1.54) is 11.1 Å². The molecule has 0 amide bonds. The first-order valence-corrected chi connectivity index (χ1v) is 10.9. The van der Waals surface area contributed by atoms with Crippen molar-refractivity contribution in [2.75, 3.05) is 0 Å². The first-order valence-electron chi connectivity index (χ1n) is 10.9. The molecule has 0 bridgehead atoms. The molecule has 0 aliphatic heterocycles. The van der Waals surface area contributed by atoms with Gasteiger partial charge >= 0.3 is 0 Å². The van der Waals surface area contributed by atoms with Crippen molar-refractivity contribution in [2.45, 2.75) is 65.1 Å². The number of rotatable bonds is 7. The van der Waals surface area contributed by atoms with E-state index < -0.39 is 0 Å². The fourth-order valence-electron chi connectivity index (χ4n) is 4.06. The molecule has 3 aromatic rings. The maximum atomic E-state index is 9.49. The second-order valence-electron chi connectivity index (χ2n) is 8.35. The van der Waals surface area contributed by atoms with Crippen molar-refractivity contribution in [3.63, 3.8) is 0 Å². The minimum Gasteiger partial charge on any atom is -0.490 e. The minimum absolute atomic E-state index is 0.00763. The molecule has 0 saturated heterocycles. The number of hydrogen-bond donors (Lipinski definition) is 1. The third-order valence-electron chi connectivity index (χ3n) is 5.75. The van der Waals surface area contributed by atoms with Crippen molar-refractivity contribution < 1.29 is 9.26 Å². The zero-order valence-corrected chi connectivity index (χ0v) is 18.5. The van der Waals surface area contributed by atoms with Gasteiger partial charge in [0.2, 0.25) is 5.82 Å². The molecule has 6 heteroatoms. The van der Waals surface area contributed by atoms with Crippen molar-refractivity contribution in [3.05, 3.63) is 53.1 Å². The van der Waals surface area contributed by atoms with Gasteiger partial charge in [-0.3, -0.25) is 0 Å². The standard InChI is InChI=1S/C25H28N4O2/c1-5-16(4)27-22-11-10-19-20(22)7-6-8-21(19)24-28-25(31-29-24)17-9-12-23(30-15(2)3)18(13-17)14-26/h6-9,12-13,15-16,22,27H,5,10-11H2,1-4H3/t16-,22+/m1/s1. The molecule has 0 unspecified atom stereocenters. The molecular formula is C25H28N4O2. The van der Waals surface area contributed by atoms with E-state index in [2.05, 4.69) is 53.6 Å². The first kappa shape index (κ1) is 21.1. The van der Waals surface area contributed by atoms with E-state index in [0.29, 0.717) is 40.7 Å².